The molecule has 1 atom stereocenters. The lowest BCUT2D eigenvalue weighted by molar-refractivity contribution is -0.132. The molecular weight excluding hydrogens is 274 g/mol. The lowest BCUT2D eigenvalue weighted by Crippen LogP contribution is -2.53. The fourth-order valence-corrected chi connectivity index (χ4v) is 2.92. The molecule has 1 aromatic heterocycles. The lowest BCUT2D eigenvalue weighted by atomic mass is 10.2. The molecule has 0 aliphatic carbocycles. The van der Waals surface area contributed by atoms with Crippen molar-refractivity contribution in [1.29, 1.82) is 0 Å². The number of hydrogen-bond donors (Lipinski definition) is 1. The normalized spacial score (nSPS) is 20.9. The van der Waals surface area contributed by atoms with Crippen LogP contribution in [0.3, 0.4) is 0 Å². The summed E-state index contributed by atoms with van der Waals surface area (Å²) < 4.78 is 5.92. The Kier molecular flexibility index (Phi) is 4.94. The summed E-state index contributed by atoms with van der Waals surface area (Å²) in [7, 11) is 0. The molecule has 2 rings (SSSR count). The van der Waals surface area contributed by atoms with E-state index in [0.717, 1.165) is 11.4 Å². The monoisotopic (exact) mass is 289 g/mol. The van der Waals surface area contributed by atoms with Gasteiger partial charge in [-0.2, -0.15) is 0 Å². The lowest BCUT2D eigenvalue weighted by Gasteiger charge is -2.33. The number of likely N-dealkylation sites (N-methyl/N-ethyl adjacent to an activating group) is 1. The van der Waals surface area contributed by atoms with Crippen LogP contribution >= 0.6 is 22.9 Å². The highest BCUT2D eigenvalue weighted by molar-refractivity contribution is 7.15. The van der Waals surface area contributed by atoms with Gasteiger partial charge in [-0.15, -0.1) is 11.3 Å². The Bertz CT molecular complexity index is 413. The van der Waals surface area contributed by atoms with Crippen LogP contribution in [0.4, 0.5) is 0 Å². The Morgan fingerprint density at radius 3 is 3.28 bits per heavy atom. The predicted octanol–water partition coefficient (Wildman–Crippen LogP) is 1.13. The van der Waals surface area contributed by atoms with Crippen LogP contribution in [0.1, 0.15) is 11.8 Å². The molecule has 2 heterocycles. The van der Waals surface area contributed by atoms with E-state index in [1.165, 1.54) is 11.3 Å². The van der Waals surface area contributed by atoms with Crippen LogP contribution in [0.25, 0.3) is 0 Å². The van der Waals surface area contributed by atoms with Gasteiger partial charge in [0.25, 0.3) is 0 Å². The van der Waals surface area contributed by atoms with Gasteiger partial charge < -0.3 is 10.1 Å². The fraction of sp³-hybridized carbons (Fsp3) is 0.636. The van der Waals surface area contributed by atoms with Gasteiger partial charge in [0, 0.05) is 30.7 Å². The van der Waals surface area contributed by atoms with Gasteiger partial charge in [-0.3, -0.25) is 9.69 Å². The van der Waals surface area contributed by atoms with Crippen molar-refractivity contribution in [3.05, 3.63) is 15.5 Å². The molecule has 1 aromatic rings. The molecule has 0 radical (unpaired) electrons. The number of nitrogens with zero attached hydrogens (tertiary/aromatic N) is 2. The van der Waals surface area contributed by atoms with Crippen LogP contribution in [0, 0.1) is 0 Å². The number of carbonyl (C=O) groups excluding carboxylic acids is 1. The Morgan fingerprint density at radius 2 is 2.61 bits per heavy atom. The van der Waals surface area contributed by atoms with Crippen LogP contribution in [0.5, 0.6) is 0 Å². The summed E-state index contributed by atoms with van der Waals surface area (Å²) in [5.41, 5.74) is 0. The number of nitrogens with one attached hydrogen (secondary N) is 1. The SMILES string of the molecule is CCNC(=O)C1COCCN1Cc1cnc(Cl)s1. The third-order valence-electron chi connectivity index (χ3n) is 2.78. The van der Waals surface area contributed by atoms with Gasteiger partial charge in [-0.25, -0.2) is 4.98 Å². The molecule has 0 saturated carbocycles. The Balaban J connectivity index is 2.01. The van der Waals surface area contributed by atoms with Crippen molar-refractivity contribution in [2.45, 2.75) is 19.5 Å². The van der Waals surface area contributed by atoms with E-state index in [1.807, 2.05) is 6.92 Å². The first-order valence-corrected chi connectivity index (χ1v) is 7.10. The van der Waals surface area contributed by atoms with Gasteiger partial charge in [0.1, 0.15) is 6.04 Å². The summed E-state index contributed by atoms with van der Waals surface area (Å²) in [5, 5.41) is 2.84. The summed E-state index contributed by atoms with van der Waals surface area (Å²) in [6, 6.07) is -0.223. The average Bonchev–Trinajstić information content (AvgIpc) is 2.76. The first-order valence-electron chi connectivity index (χ1n) is 5.90. The number of thiazole rings is 1. The molecule has 18 heavy (non-hydrogen) atoms. The molecule has 1 amide bonds. The van der Waals surface area contributed by atoms with Crippen molar-refractivity contribution in [3.8, 4) is 0 Å². The summed E-state index contributed by atoms with van der Waals surface area (Å²) in [4.78, 5) is 19.1. The molecule has 0 aromatic carbocycles. The van der Waals surface area contributed by atoms with E-state index < -0.39 is 0 Å². The highest BCUT2D eigenvalue weighted by atomic mass is 35.5. The number of ether oxygens (including phenoxy) is 1. The minimum Gasteiger partial charge on any atom is -0.378 e. The molecule has 1 saturated heterocycles. The minimum absolute atomic E-state index is 0.0211. The molecule has 7 heteroatoms. The molecule has 1 unspecified atom stereocenters. The van der Waals surface area contributed by atoms with Crippen LogP contribution in [0.15, 0.2) is 6.20 Å². The van der Waals surface area contributed by atoms with Gasteiger partial charge in [0.05, 0.1) is 13.2 Å². The van der Waals surface area contributed by atoms with Gasteiger partial charge in [0.2, 0.25) is 5.91 Å². The maximum absolute atomic E-state index is 11.9. The Hall–Kier alpha value is -0.690. The Morgan fingerprint density at radius 1 is 1.78 bits per heavy atom. The topological polar surface area (TPSA) is 54.5 Å². The number of hydrogen-bond acceptors (Lipinski definition) is 5. The van der Waals surface area contributed by atoms with Crippen LogP contribution in [-0.4, -0.2) is 48.1 Å². The minimum atomic E-state index is -0.223. The van der Waals surface area contributed by atoms with Gasteiger partial charge in [-0.1, -0.05) is 11.6 Å². The van der Waals surface area contributed by atoms with E-state index in [4.69, 9.17) is 16.3 Å². The van der Waals surface area contributed by atoms with Gasteiger partial charge in [-0.05, 0) is 6.92 Å². The number of morpholine rings is 1. The summed E-state index contributed by atoms with van der Waals surface area (Å²) in [6.45, 7) is 5.08. The van der Waals surface area contributed by atoms with Crippen LogP contribution < -0.4 is 5.32 Å². The number of carbonyl (C=O) groups is 1. The zero-order valence-corrected chi connectivity index (χ0v) is 11.8. The number of amides is 1. The van der Waals surface area contributed by atoms with Crippen LogP contribution in [-0.2, 0) is 16.1 Å². The van der Waals surface area contributed by atoms with E-state index in [0.29, 0.717) is 30.8 Å². The third kappa shape index (κ3) is 3.41. The standard InChI is InChI=1S/C11H16ClN3O2S/c1-2-13-10(16)9-7-17-4-3-15(9)6-8-5-14-11(12)18-8/h5,9H,2-4,6-7H2,1H3,(H,13,16). The van der Waals surface area contributed by atoms with Gasteiger partial charge in [0.15, 0.2) is 4.47 Å². The van der Waals surface area contributed by atoms with Crippen molar-refractivity contribution in [2.24, 2.45) is 0 Å². The highest BCUT2D eigenvalue weighted by Crippen LogP contribution is 2.21. The molecule has 100 valence electrons. The molecule has 1 aliphatic rings. The van der Waals surface area contributed by atoms with E-state index in [2.05, 4.69) is 15.2 Å². The highest BCUT2D eigenvalue weighted by Gasteiger charge is 2.29. The van der Waals surface area contributed by atoms with Crippen LogP contribution in [0.2, 0.25) is 4.47 Å². The van der Waals surface area contributed by atoms with Crippen molar-refractivity contribution in [1.82, 2.24) is 15.2 Å². The maximum atomic E-state index is 11.9. The van der Waals surface area contributed by atoms with Crippen molar-refractivity contribution in [3.63, 3.8) is 0 Å². The first kappa shape index (κ1) is 13.7. The number of halogens is 1. The molecular formula is C11H16ClN3O2S. The maximum Gasteiger partial charge on any atom is 0.239 e. The van der Waals surface area contributed by atoms with Crippen molar-refractivity contribution in [2.75, 3.05) is 26.3 Å². The fourth-order valence-electron chi connectivity index (χ4n) is 1.92. The molecule has 0 bridgehead atoms. The quantitative estimate of drug-likeness (QED) is 0.903. The smallest absolute Gasteiger partial charge is 0.239 e. The van der Waals surface area contributed by atoms with Crippen molar-refractivity contribution >= 4 is 28.8 Å². The van der Waals surface area contributed by atoms with E-state index in [-0.39, 0.29) is 11.9 Å². The Labute approximate surface area is 115 Å². The summed E-state index contributed by atoms with van der Waals surface area (Å²) >= 11 is 7.26. The first-order chi connectivity index (χ1) is 8.70. The third-order valence-corrected chi connectivity index (χ3v) is 3.88. The van der Waals surface area contributed by atoms with E-state index >= 15 is 0 Å². The summed E-state index contributed by atoms with van der Waals surface area (Å²) in [6.07, 6.45) is 1.76. The predicted molar refractivity (Wildman–Crippen MR) is 70.8 cm³/mol. The number of rotatable bonds is 4. The average molecular weight is 290 g/mol. The second kappa shape index (κ2) is 6.47. The molecule has 1 N–H and O–H groups in total. The second-order valence-electron chi connectivity index (χ2n) is 4.04. The van der Waals surface area contributed by atoms with E-state index in [9.17, 15) is 4.79 Å². The summed E-state index contributed by atoms with van der Waals surface area (Å²) in [5.74, 6) is 0.0211. The largest absolute Gasteiger partial charge is 0.378 e. The zero-order chi connectivity index (χ0) is 13.0. The zero-order valence-electron chi connectivity index (χ0n) is 10.2. The number of aromatic nitrogens is 1. The molecule has 5 nitrogen and oxygen atoms in total. The van der Waals surface area contributed by atoms with Crippen molar-refractivity contribution < 1.29 is 9.53 Å². The molecule has 1 fully saturated rings. The molecule has 1 aliphatic heterocycles. The van der Waals surface area contributed by atoms with Gasteiger partial charge >= 0.3 is 0 Å². The second-order valence-corrected chi connectivity index (χ2v) is 5.73. The van der Waals surface area contributed by atoms with E-state index in [1.54, 1.807) is 6.20 Å². The molecule has 0 spiro atoms.